The van der Waals surface area contributed by atoms with Gasteiger partial charge in [0, 0.05) is 67.8 Å². The molecule has 1 saturated heterocycles. The fourth-order valence-electron chi connectivity index (χ4n) is 4.92. The van der Waals surface area contributed by atoms with Gasteiger partial charge in [0.05, 0.1) is 11.7 Å². The third kappa shape index (κ3) is 7.21. The molecule has 3 rings (SSSR count). The van der Waals surface area contributed by atoms with E-state index in [4.69, 9.17) is 11.6 Å². The van der Waals surface area contributed by atoms with Crippen LogP contribution >= 0.6 is 11.6 Å². The Hall–Kier alpha value is -2.10. The molecule has 2 heterocycles. The van der Waals surface area contributed by atoms with Crippen LogP contribution in [0.4, 0.5) is 5.69 Å². The first-order valence-electron chi connectivity index (χ1n) is 12.1. The van der Waals surface area contributed by atoms with Gasteiger partial charge in [0.1, 0.15) is 9.84 Å². The Morgan fingerprint density at radius 3 is 2.51 bits per heavy atom. The zero-order chi connectivity index (χ0) is 25.9. The maximum absolute atomic E-state index is 13.1. The Bertz CT molecular complexity index is 1100. The lowest BCUT2D eigenvalue weighted by atomic mass is 9.93. The summed E-state index contributed by atoms with van der Waals surface area (Å²) >= 11 is 6.42. The SMILES string of the molecule is CC1=CC(C)NC(=O)C1CNC(=O)c1cc(Cl)cc(N(C)C2CCN(CCS(C)(=O)=O)CC2)c1C. The predicted molar refractivity (Wildman–Crippen MR) is 141 cm³/mol. The molecule has 1 fully saturated rings. The van der Waals surface area contributed by atoms with Crippen molar-refractivity contribution in [2.75, 3.05) is 50.1 Å². The van der Waals surface area contributed by atoms with E-state index in [1.807, 2.05) is 40.0 Å². The van der Waals surface area contributed by atoms with Crippen molar-refractivity contribution >= 4 is 38.9 Å². The molecule has 0 aliphatic carbocycles. The molecule has 2 aliphatic rings. The van der Waals surface area contributed by atoms with Gasteiger partial charge in [0.25, 0.3) is 5.91 Å². The van der Waals surface area contributed by atoms with Gasteiger partial charge >= 0.3 is 0 Å². The highest BCUT2D eigenvalue weighted by molar-refractivity contribution is 7.90. The molecule has 2 unspecified atom stereocenters. The fraction of sp³-hybridized carbons (Fsp3) is 0.600. The van der Waals surface area contributed by atoms with Crippen LogP contribution in [0.2, 0.25) is 5.02 Å². The lowest BCUT2D eigenvalue weighted by molar-refractivity contribution is -0.124. The quantitative estimate of drug-likeness (QED) is 0.507. The molecular weight excluding hydrogens is 488 g/mol. The van der Waals surface area contributed by atoms with Gasteiger partial charge in [-0.3, -0.25) is 9.59 Å². The smallest absolute Gasteiger partial charge is 0.251 e. The van der Waals surface area contributed by atoms with Crippen molar-refractivity contribution in [1.29, 1.82) is 0 Å². The first kappa shape index (κ1) is 27.5. The van der Waals surface area contributed by atoms with E-state index >= 15 is 0 Å². The second-order valence-corrected chi connectivity index (χ2v) is 12.6. The highest BCUT2D eigenvalue weighted by Crippen LogP contribution is 2.31. The molecular formula is C25H37ClN4O4S. The standard InChI is InChI=1S/C25H37ClN4O4S/c1-16-12-17(2)28-25(32)22(16)15-27-24(31)21-13-19(26)14-23(18(21)3)29(4)20-6-8-30(9-7-20)10-11-35(5,33)34/h12-14,17,20,22H,6-11,15H2,1-5H3,(H,27,31)(H,28,32). The zero-order valence-electron chi connectivity index (χ0n) is 21.2. The van der Waals surface area contributed by atoms with Crippen LogP contribution in [0.15, 0.2) is 23.8 Å². The predicted octanol–water partition coefficient (Wildman–Crippen LogP) is 2.40. The van der Waals surface area contributed by atoms with Crippen LogP contribution in [-0.4, -0.2) is 82.5 Å². The highest BCUT2D eigenvalue weighted by atomic mass is 35.5. The van der Waals surface area contributed by atoms with Crippen molar-refractivity contribution in [3.63, 3.8) is 0 Å². The molecule has 0 spiro atoms. The number of halogens is 1. The molecule has 0 saturated carbocycles. The molecule has 194 valence electrons. The molecule has 0 aromatic heterocycles. The average molecular weight is 525 g/mol. The minimum atomic E-state index is -2.97. The number of benzene rings is 1. The summed E-state index contributed by atoms with van der Waals surface area (Å²) in [7, 11) is -0.958. The molecule has 8 nitrogen and oxygen atoms in total. The van der Waals surface area contributed by atoms with Gasteiger partial charge in [-0.15, -0.1) is 0 Å². The van der Waals surface area contributed by atoms with Crippen molar-refractivity contribution in [3.8, 4) is 0 Å². The van der Waals surface area contributed by atoms with Crippen molar-refractivity contribution in [2.45, 2.75) is 45.7 Å². The van der Waals surface area contributed by atoms with E-state index < -0.39 is 9.84 Å². The van der Waals surface area contributed by atoms with Crippen LogP contribution in [0, 0.1) is 12.8 Å². The molecule has 2 aliphatic heterocycles. The third-order valence-electron chi connectivity index (χ3n) is 7.07. The summed E-state index contributed by atoms with van der Waals surface area (Å²) in [5, 5.41) is 6.29. The molecule has 10 heteroatoms. The number of nitrogens with zero attached hydrogens (tertiary/aromatic N) is 2. The van der Waals surface area contributed by atoms with E-state index in [1.54, 1.807) is 6.07 Å². The van der Waals surface area contributed by atoms with Crippen molar-refractivity contribution in [2.24, 2.45) is 5.92 Å². The van der Waals surface area contributed by atoms with E-state index in [2.05, 4.69) is 20.4 Å². The lowest BCUT2D eigenvalue weighted by Crippen LogP contribution is -2.46. The Morgan fingerprint density at radius 2 is 1.91 bits per heavy atom. The summed E-state index contributed by atoms with van der Waals surface area (Å²) in [4.78, 5) is 29.8. The Morgan fingerprint density at radius 1 is 1.26 bits per heavy atom. The first-order chi connectivity index (χ1) is 16.4. The van der Waals surface area contributed by atoms with Crippen LogP contribution in [0.3, 0.4) is 0 Å². The van der Waals surface area contributed by atoms with Crippen molar-refractivity contribution in [3.05, 3.63) is 39.9 Å². The number of anilines is 1. The molecule has 2 amide bonds. The second-order valence-electron chi connectivity index (χ2n) is 9.88. The number of piperidine rings is 1. The lowest BCUT2D eigenvalue weighted by Gasteiger charge is -2.38. The number of amides is 2. The zero-order valence-corrected chi connectivity index (χ0v) is 22.8. The summed E-state index contributed by atoms with van der Waals surface area (Å²) in [6.45, 7) is 8.18. The van der Waals surface area contributed by atoms with E-state index in [9.17, 15) is 18.0 Å². The summed E-state index contributed by atoms with van der Waals surface area (Å²) in [6.07, 6.45) is 5.07. The van der Waals surface area contributed by atoms with Gasteiger partial charge in [-0.1, -0.05) is 23.3 Å². The number of rotatable bonds is 8. The molecule has 2 N–H and O–H groups in total. The van der Waals surface area contributed by atoms with Crippen LogP contribution < -0.4 is 15.5 Å². The number of carbonyl (C=O) groups excluding carboxylic acids is 2. The number of carbonyl (C=O) groups is 2. The number of hydrogen-bond donors (Lipinski definition) is 2. The largest absolute Gasteiger partial charge is 0.371 e. The summed E-state index contributed by atoms with van der Waals surface area (Å²) < 4.78 is 22.9. The van der Waals surface area contributed by atoms with E-state index in [0.29, 0.717) is 17.1 Å². The summed E-state index contributed by atoms with van der Waals surface area (Å²) in [6, 6.07) is 3.81. The highest BCUT2D eigenvalue weighted by Gasteiger charge is 2.28. The van der Waals surface area contributed by atoms with E-state index in [-0.39, 0.29) is 42.1 Å². The number of nitrogens with one attached hydrogen (secondary N) is 2. The minimum Gasteiger partial charge on any atom is -0.371 e. The minimum absolute atomic E-state index is 0.00530. The molecule has 2 atom stereocenters. The number of sulfone groups is 1. The van der Waals surface area contributed by atoms with E-state index in [1.165, 1.54) is 6.26 Å². The summed E-state index contributed by atoms with van der Waals surface area (Å²) in [5.74, 6) is -0.543. The van der Waals surface area contributed by atoms with Crippen LogP contribution in [0.5, 0.6) is 0 Å². The van der Waals surface area contributed by atoms with Gasteiger partial charge in [-0.25, -0.2) is 8.42 Å². The molecule has 1 aromatic rings. The van der Waals surface area contributed by atoms with Gasteiger partial charge in [-0.05, 0) is 51.3 Å². The van der Waals surface area contributed by atoms with Crippen LogP contribution in [-0.2, 0) is 14.6 Å². The average Bonchev–Trinajstić information content (AvgIpc) is 2.77. The summed E-state index contributed by atoms with van der Waals surface area (Å²) in [5.41, 5.74) is 3.18. The maximum atomic E-state index is 13.1. The Balaban J connectivity index is 1.66. The van der Waals surface area contributed by atoms with E-state index in [0.717, 1.165) is 42.8 Å². The van der Waals surface area contributed by atoms with Crippen LogP contribution in [0.25, 0.3) is 0 Å². The Labute approximate surface area is 214 Å². The Kier molecular flexibility index (Phi) is 8.88. The molecule has 0 bridgehead atoms. The molecule has 0 radical (unpaired) electrons. The van der Waals surface area contributed by atoms with Crippen LogP contribution in [0.1, 0.15) is 42.6 Å². The first-order valence-corrected chi connectivity index (χ1v) is 14.5. The molecule has 1 aromatic carbocycles. The monoisotopic (exact) mass is 524 g/mol. The normalized spacial score (nSPS) is 21.9. The fourth-order valence-corrected chi connectivity index (χ4v) is 5.72. The van der Waals surface area contributed by atoms with Gasteiger partial charge in [0.15, 0.2) is 0 Å². The van der Waals surface area contributed by atoms with Gasteiger partial charge in [0.2, 0.25) is 5.91 Å². The van der Waals surface area contributed by atoms with Crippen molar-refractivity contribution < 1.29 is 18.0 Å². The number of hydrogen-bond acceptors (Lipinski definition) is 6. The van der Waals surface area contributed by atoms with Gasteiger partial charge in [-0.2, -0.15) is 0 Å². The second kappa shape index (κ2) is 11.3. The topological polar surface area (TPSA) is 98.8 Å². The van der Waals surface area contributed by atoms with Crippen molar-refractivity contribution in [1.82, 2.24) is 15.5 Å². The maximum Gasteiger partial charge on any atom is 0.251 e. The van der Waals surface area contributed by atoms with Gasteiger partial charge < -0.3 is 20.4 Å². The number of likely N-dealkylation sites (tertiary alicyclic amines) is 1. The molecule has 35 heavy (non-hydrogen) atoms. The third-order valence-corrected chi connectivity index (χ3v) is 8.21.